The zero-order valence-corrected chi connectivity index (χ0v) is 24.1. The largest absolute Gasteiger partial charge is 0.445 e. The Kier molecular flexibility index (Phi) is 9.62. The van der Waals surface area contributed by atoms with Gasteiger partial charge in [0.1, 0.15) is 6.61 Å². The van der Waals surface area contributed by atoms with E-state index in [1.165, 1.54) is 29.2 Å². The van der Waals surface area contributed by atoms with E-state index in [0.717, 1.165) is 16.7 Å². The molecule has 9 nitrogen and oxygen atoms in total. The second-order valence-corrected chi connectivity index (χ2v) is 13.0. The van der Waals surface area contributed by atoms with E-state index in [0.29, 0.717) is 19.3 Å². The third-order valence-corrected chi connectivity index (χ3v) is 9.32. The highest BCUT2D eigenvalue weighted by Crippen LogP contribution is 2.27. The van der Waals surface area contributed by atoms with Gasteiger partial charge in [-0.2, -0.15) is 16.8 Å². The summed E-state index contributed by atoms with van der Waals surface area (Å²) in [5.41, 5.74) is 2.58. The molecule has 4 rings (SSSR count). The number of nitrogens with zero attached hydrogens (tertiary/aromatic N) is 1. The molecule has 11 heteroatoms. The van der Waals surface area contributed by atoms with Crippen LogP contribution in [0, 0.1) is 13.8 Å². The standard InChI is InChI=1S/C29H33NO8S2/c1-22-11-15-27(16-12-22)39(32,33)37-20-25-9-6-10-26(21-38-40(34,35)28-17-13-23(2)14-18-28)30(25)29(31)36-19-24-7-4-3-5-8-24/h3-5,7-8,11-18,25-26H,6,9-10,19-21H2,1-2H3/t25-,26+. The molecular weight excluding hydrogens is 554 g/mol. The predicted molar refractivity (Wildman–Crippen MR) is 149 cm³/mol. The maximum Gasteiger partial charge on any atom is 0.410 e. The molecule has 1 heterocycles. The molecule has 3 aromatic rings. The zero-order chi connectivity index (χ0) is 28.8. The zero-order valence-electron chi connectivity index (χ0n) is 22.4. The SMILES string of the molecule is Cc1ccc(S(=O)(=O)OC[C@H]2CCC[C@@H](COS(=O)(=O)c3ccc(C)cc3)N2C(=O)OCc2ccccc2)cc1. The van der Waals surface area contributed by atoms with Crippen molar-refractivity contribution in [2.45, 2.75) is 61.6 Å². The number of aryl methyl sites for hydroxylation is 2. The second-order valence-electron chi connectivity index (χ2n) is 9.79. The number of amides is 1. The molecular formula is C29H33NO8S2. The molecule has 0 N–H and O–H groups in total. The van der Waals surface area contributed by atoms with Gasteiger partial charge in [0.2, 0.25) is 0 Å². The summed E-state index contributed by atoms with van der Waals surface area (Å²) in [6, 6.07) is 20.3. The van der Waals surface area contributed by atoms with Crippen LogP contribution < -0.4 is 0 Å². The number of carbonyl (C=O) groups is 1. The van der Waals surface area contributed by atoms with E-state index < -0.39 is 38.4 Å². The topological polar surface area (TPSA) is 116 Å². The Hall–Kier alpha value is -3.25. The summed E-state index contributed by atoms with van der Waals surface area (Å²) in [4.78, 5) is 14.7. The van der Waals surface area contributed by atoms with Gasteiger partial charge in [0.25, 0.3) is 20.2 Å². The summed E-state index contributed by atoms with van der Waals surface area (Å²) < 4.78 is 67.6. The van der Waals surface area contributed by atoms with Crippen LogP contribution in [-0.2, 0) is 39.9 Å². The average Bonchev–Trinajstić information content (AvgIpc) is 2.95. The number of hydrogen-bond donors (Lipinski definition) is 0. The van der Waals surface area contributed by atoms with Crippen LogP contribution in [0.3, 0.4) is 0 Å². The van der Waals surface area contributed by atoms with E-state index in [1.807, 2.05) is 44.2 Å². The van der Waals surface area contributed by atoms with Crippen molar-refractivity contribution in [3.8, 4) is 0 Å². The first-order chi connectivity index (χ1) is 19.0. The normalized spacial score (nSPS) is 17.9. The molecule has 0 aliphatic carbocycles. The van der Waals surface area contributed by atoms with Crippen molar-refractivity contribution in [3.63, 3.8) is 0 Å². The van der Waals surface area contributed by atoms with Crippen LogP contribution in [0.4, 0.5) is 4.79 Å². The van der Waals surface area contributed by atoms with E-state index in [4.69, 9.17) is 13.1 Å². The molecule has 0 unspecified atom stereocenters. The van der Waals surface area contributed by atoms with Gasteiger partial charge in [0.15, 0.2) is 0 Å². The molecule has 3 aromatic carbocycles. The summed E-state index contributed by atoms with van der Waals surface area (Å²) >= 11 is 0. The molecule has 0 spiro atoms. The van der Waals surface area contributed by atoms with Gasteiger partial charge in [-0.05, 0) is 62.9 Å². The number of piperidine rings is 1. The average molecular weight is 588 g/mol. The summed E-state index contributed by atoms with van der Waals surface area (Å²) in [7, 11) is -8.16. The van der Waals surface area contributed by atoms with Crippen molar-refractivity contribution >= 4 is 26.3 Å². The molecule has 1 saturated heterocycles. The van der Waals surface area contributed by atoms with Gasteiger partial charge >= 0.3 is 6.09 Å². The van der Waals surface area contributed by atoms with Crippen molar-refractivity contribution < 1.29 is 34.7 Å². The van der Waals surface area contributed by atoms with E-state index in [9.17, 15) is 21.6 Å². The number of likely N-dealkylation sites (tertiary alicyclic amines) is 1. The second kappa shape index (κ2) is 12.9. The molecule has 0 saturated carbocycles. The molecule has 2 atom stereocenters. The fourth-order valence-corrected chi connectivity index (χ4v) is 6.35. The third-order valence-electron chi connectivity index (χ3n) is 6.73. The highest BCUT2D eigenvalue weighted by molar-refractivity contribution is 7.87. The number of benzene rings is 3. The van der Waals surface area contributed by atoms with Gasteiger partial charge in [-0.15, -0.1) is 0 Å². The highest BCUT2D eigenvalue weighted by atomic mass is 32.2. The monoisotopic (exact) mass is 587 g/mol. The Morgan fingerprint density at radius 1 is 0.725 bits per heavy atom. The Morgan fingerprint density at radius 2 is 1.18 bits per heavy atom. The predicted octanol–water partition coefficient (Wildman–Crippen LogP) is 4.97. The van der Waals surface area contributed by atoms with Crippen LogP contribution in [0.15, 0.2) is 88.7 Å². The van der Waals surface area contributed by atoms with Crippen LogP contribution in [0.5, 0.6) is 0 Å². The summed E-state index contributed by atoms with van der Waals surface area (Å²) in [6.07, 6.45) is 0.807. The summed E-state index contributed by atoms with van der Waals surface area (Å²) in [5, 5.41) is 0. The molecule has 0 bridgehead atoms. The van der Waals surface area contributed by atoms with E-state index in [1.54, 1.807) is 24.3 Å². The first kappa shape index (κ1) is 29.7. The lowest BCUT2D eigenvalue weighted by Gasteiger charge is -2.40. The van der Waals surface area contributed by atoms with Crippen molar-refractivity contribution in [2.75, 3.05) is 13.2 Å². The van der Waals surface area contributed by atoms with E-state index in [-0.39, 0.29) is 29.6 Å². The summed E-state index contributed by atoms with van der Waals surface area (Å²) in [6.45, 7) is 3.08. The number of rotatable bonds is 10. The first-order valence-corrected chi connectivity index (χ1v) is 15.8. The van der Waals surface area contributed by atoms with Crippen molar-refractivity contribution in [3.05, 3.63) is 95.6 Å². The molecule has 0 radical (unpaired) electrons. The van der Waals surface area contributed by atoms with Crippen molar-refractivity contribution in [2.24, 2.45) is 0 Å². The van der Waals surface area contributed by atoms with Gasteiger partial charge in [-0.25, -0.2) is 4.79 Å². The number of carbonyl (C=O) groups excluding carboxylic acids is 1. The number of hydrogen-bond acceptors (Lipinski definition) is 8. The minimum Gasteiger partial charge on any atom is -0.445 e. The number of ether oxygens (including phenoxy) is 1. The summed E-state index contributed by atoms with van der Waals surface area (Å²) in [5.74, 6) is 0. The van der Waals surface area contributed by atoms with Crippen LogP contribution in [0.1, 0.15) is 36.0 Å². The molecule has 214 valence electrons. The van der Waals surface area contributed by atoms with E-state index >= 15 is 0 Å². The maximum absolute atomic E-state index is 13.3. The third kappa shape index (κ3) is 7.69. The molecule has 1 aliphatic heterocycles. The molecule has 1 aliphatic rings. The van der Waals surface area contributed by atoms with E-state index in [2.05, 4.69) is 0 Å². The van der Waals surface area contributed by atoms with Crippen LogP contribution in [-0.4, -0.2) is 53.1 Å². The Balaban J connectivity index is 1.51. The van der Waals surface area contributed by atoms with Gasteiger partial charge in [0, 0.05) is 0 Å². The Bertz CT molecular complexity index is 1400. The minimum absolute atomic E-state index is 0.000652. The smallest absolute Gasteiger partial charge is 0.410 e. The Labute approximate surface area is 235 Å². The fraction of sp³-hybridized carbons (Fsp3) is 0.345. The highest BCUT2D eigenvalue weighted by Gasteiger charge is 2.37. The van der Waals surface area contributed by atoms with Gasteiger partial charge in [-0.3, -0.25) is 13.3 Å². The van der Waals surface area contributed by atoms with Gasteiger partial charge in [-0.1, -0.05) is 65.7 Å². The molecule has 40 heavy (non-hydrogen) atoms. The molecule has 0 aromatic heterocycles. The Morgan fingerprint density at radius 3 is 1.62 bits per heavy atom. The lowest BCUT2D eigenvalue weighted by atomic mass is 9.97. The first-order valence-electron chi connectivity index (χ1n) is 13.0. The minimum atomic E-state index is -4.08. The molecule has 1 amide bonds. The van der Waals surface area contributed by atoms with Gasteiger partial charge < -0.3 is 4.74 Å². The fourth-order valence-electron chi connectivity index (χ4n) is 4.47. The van der Waals surface area contributed by atoms with Crippen LogP contribution in [0.25, 0.3) is 0 Å². The van der Waals surface area contributed by atoms with Gasteiger partial charge in [0.05, 0.1) is 35.1 Å². The van der Waals surface area contributed by atoms with Crippen LogP contribution in [0.2, 0.25) is 0 Å². The lowest BCUT2D eigenvalue weighted by molar-refractivity contribution is 0.0148. The lowest BCUT2D eigenvalue weighted by Crippen LogP contribution is -2.54. The maximum atomic E-state index is 13.3. The molecule has 1 fully saturated rings. The van der Waals surface area contributed by atoms with Crippen molar-refractivity contribution in [1.29, 1.82) is 0 Å². The van der Waals surface area contributed by atoms with Crippen LogP contribution >= 0.6 is 0 Å². The quantitative estimate of drug-likeness (QED) is 0.305. The van der Waals surface area contributed by atoms with Crippen molar-refractivity contribution in [1.82, 2.24) is 4.90 Å².